The molecule has 0 aromatic heterocycles. The Morgan fingerprint density at radius 3 is 2.56 bits per heavy atom. The first-order valence-electron chi connectivity index (χ1n) is 6.26. The number of benzene rings is 1. The second-order valence-electron chi connectivity index (χ2n) is 5.08. The van der Waals surface area contributed by atoms with Gasteiger partial charge in [0.2, 0.25) is 0 Å². The van der Waals surface area contributed by atoms with Gasteiger partial charge in [0.05, 0.1) is 5.56 Å². The fourth-order valence-electron chi connectivity index (χ4n) is 1.67. The van der Waals surface area contributed by atoms with Gasteiger partial charge >= 0.3 is 0 Å². The zero-order chi connectivity index (χ0) is 13.7. The highest BCUT2D eigenvalue weighted by atomic mass is 19.1. The zero-order valence-electron chi connectivity index (χ0n) is 11.2. The summed E-state index contributed by atoms with van der Waals surface area (Å²) in [5, 5.41) is 2.79. The first-order valence-corrected chi connectivity index (χ1v) is 6.26. The highest BCUT2D eigenvalue weighted by molar-refractivity contribution is 5.94. The van der Waals surface area contributed by atoms with Crippen LogP contribution in [-0.4, -0.2) is 11.9 Å². The summed E-state index contributed by atoms with van der Waals surface area (Å²) in [6.07, 6.45) is 1.92. The summed E-state index contributed by atoms with van der Waals surface area (Å²) in [7, 11) is 0. The molecule has 0 aliphatic rings. The molecule has 0 aliphatic carbocycles. The Morgan fingerprint density at radius 2 is 2.00 bits per heavy atom. The molecule has 4 heteroatoms. The lowest BCUT2D eigenvalue weighted by Crippen LogP contribution is -2.33. The number of nitrogens with one attached hydrogen (secondary N) is 1. The van der Waals surface area contributed by atoms with Crippen molar-refractivity contribution in [2.24, 2.45) is 5.92 Å². The Balaban J connectivity index is 2.59. The van der Waals surface area contributed by atoms with Gasteiger partial charge < -0.3 is 11.1 Å². The van der Waals surface area contributed by atoms with Gasteiger partial charge in [-0.1, -0.05) is 13.8 Å². The molecule has 3 nitrogen and oxygen atoms in total. The monoisotopic (exact) mass is 252 g/mol. The van der Waals surface area contributed by atoms with E-state index in [0.29, 0.717) is 11.6 Å². The van der Waals surface area contributed by atoms with Gasteiger partial charge in [-0.05, 0) is 43.9 Å². The van der Waals surface area contributed by atoms with E-state index in [9.17, 15) is 9.18 Å². The third kappa shape index (κ3) is 4.35. The van der Waals surface area contributed by atoms with Gasteiger partial charge in [-0.25, -0.2) is 4.39 Å². The highest BCUT2D eigenvalue weighted by Crippen LogP contribution is 2.13. The van der Waals surface area contributed by atoms with Crippen molar-refractivity contribution in [1.82, 2.24) is 5.32 Å². The SMILES string of the molecule is CC(C)CCC(C)NC(=O)c1ccc(N)cc1F. The van der Waals surface area contributed by atoms with Crippen LogP contribution in [0.15, 0.2) is 18.2 Å². The largest absolute Gasteiger partial charge is 0.399 e. The lowest BCUT2D eigenvalue weighted by atomic mass is 10.0. The summed E-state index contributed by atoms with van der Waals surface area (Å²) in [6.45, 7) is 6.19. The number of nitrogens with two attached hydrogens (primary N) is 1. The molecule has 0 spiro atoms. The molecule has 0 heterocycles. The van der Waals surface area contributed by atoms with Crippen molar-refractivity contribution in [2.45, 2.75) is 39.7 Å². The first kappa shape index (κ1) is 14.5. The number of carbonyl (C=O) groups is 1. The van der Waals surface area contributed by atoms with Crippen LogP contribution in [0.4, 0.5) is 10.1 Å². The van der Waals surface area contributed by atoms with E-state index in [0.717, 1.165) is 18.9 Å². The Labute approximate surface area is 108 Å². The van der Waals surface area contributed by atoms with Crippen molar-refractivity contribution in [3.8, 4) is 0 Å². The number of anilines is 1. The zero-order valence-corrected chi connectivity index (χ0v) is 11.2. The van der Waals surface area contributed by atoms with Crippen molar-refractivity contribution in [2.75, 3.05) is 5.73 Å². The first-order chi connectivity index (χ1) is 8.40. The van der Waals surface area contributed by atoms with Crippen LogP contribution in [0.2, 0.25) is 0 Å². The smallest absolute Gasteiger partial charge is 0.254 e. The number of halogens is 1. The molecule has 0 saturated heterocycles. The van der Waals surface area contributed by atoms with Gasteiger partial charge in [-0.3, -0.25) is 4.79 Å². The highest BCUT2D eigenvalue weighted by Gasteiger charge is 2.14. The van der Waals surface area contributed by atoms with Crippen molar-refractivity contribution in [3.63, 3.8) is 0 Å². The molecule has 0 bridgehead atoms. The van der Waals surface area contributed by atoms with E-state index in [-0.39, 0.29) is 17.5 Å². The summed E-state index contributed by atoms with van der Waals surface area (Å²) >= 11 is 0. The number of rotatable bonds is 5. The Kier molecular flexibility index (Phi) is 5.13. The lowest BCUT2D eigenvalue weighted by Gasteiger charge is -2.15. The van der Waals surface area contributed by atoms with Gasteiger partial charge in [0.25, 0.3) is 5.91 Å². The third-order valence-corrected chi connectivity index (χ3v) is 2.79. The molecule has 1 aromatic rings. The molecule has 100 valence electrons. The van der Waals surface area contributed by atoms with Crippen molar-refractivity contribution < 1.29 is 9.18 Å². The molecule has 3 N–H and O–H groups in total. The molecule has 1 unspecified atom stereocenters. The minimum absolute atomic E-state index is 0.0388. The second kappa shape index (κ2) is 6.38. The number of carbonyl (C=O) groups excluding carboxylic acids is 1. The van der Waals surface area contributed by atoms with Crippen LogP contribution in [0.3, 0.4) is 0 Å². The van der Waals surface area contributed by atoms with Crippen LogP contribution in [-0.2, 0) is 0 Å². The minimum Gasteiger partial charge on any atom is -0.399 e. The summed E-state index contributed by atoms with van der Waals surface area (Å²) in [6, 6.07) is 4.14. The maximum Gasteiger partial charge on any atom is 0.254 e. The third-order valence-electron chi connectivity index (χ3n) is 2.79. The number of nitrogen functional groups attached to an aromatic ring is 1. The Morgan fingerprint density at radius 1 is 1.33 bits per heavy atom. The predicted octanol–water partition coefficient (Wildman–Crippen LogP) is 2.96. The molecule has 0 saturated carbocycles. The number of amides is 1. The average Bonchev–Trinajstić information content (AvgIpc) is 2.26. The van der Waals surface area contributed by atoms with Crippen LogP contribution >= 0.6 is 0 Å². The predicted molar refractivity (Wildman–Crippen MR) is 71.8 cm³/mol. The molecular weight excluding hydrogens is 231 g/mol. The van der Waals surface area contributed by atoms with Crippen LogP contribution in [0, 0.1) is 11.7 Å². The quantitative estimate of drug-likeness (QED) is 0.792. The normalized spacial score (nSPS) is 12.5. The summed E-state index contributed by atoms with van der Waals surface area (Å²) < 4.78 is 13.5. The van der Waals surface area contributed by atoms with E-state index >= 15 is 0 Å². The maximum absolute atomic E-state index is 13.5. The lowest BCUT2D eigenvalue weighted by molar-refractivity contribution is 0.0933. The van der Waals surface area contributed by atoms with Gasteiger partial charge in [-0.15, -0.1) is 0 Å². The Hall–Kier alpha value is -1.58. The fourth-order valence-corrected chi connectivity index (χ4v) is 1.67. The fraction of sp³-hybridized carbons (Fsp3) is 0.500. The summed E-state index contributed by atoms with van der Waals surface area (Å²) in [4.78, 5) is 11.8. The van der Waals surface area contributed by atoms with Crippen LogP contribution in [0.5, 0.6) is 0 Å². The molecule has 1 rings (SSSR count). The average molecular weight is 252 g/mol. The summed E-state index contributed by atoms with van der Waals surface area (Å²) in [5.41, 5.74) is 5.80. The van der Waals surface area contributed by atoms with Crippen molar-refractivity contribution in [3.05, 3.63) is 29.6 Å². The van der Waals surface area contributed by atoms with Crippen LogP contribution < -0.4 is 11.1 Å². The van der Waals surface area contributed by atoms with Gasteiger partial charge in [0.1, 0.15) is 5.82 Å². The molecular formula is C14H21FN2O. The molecule has 1 amide bonds. The van der Waals surface area contributed by atoms with Gasteiger partial charge in [-0.2, -0.15) is 0 Å². The second-order valence-corrected chi connectivity index (χ2v) is 5.08. The topological polar surface area (TPSA) is 55.1 Å². The van der Waals surface area contributed by atoms with Crippen molar-refractivity contribution in [1.29, 1.82) is 0 Å². The van der Waals surface area contributed by atoms with Crippen LogP contribution in [0.1, 0.15) is 44.0 Å². The van der Waals surface area contributed by atoms with Gasteiger partial charge in [0, 0.05) is 11.7 Å². The Bertz CT molecular complexity index is 418. The van der Waals surface area contributed by atoms with E-state index in [4.69, 9.17) is 5.73 Å². The molecule has 1 atom stereocenters. The van der Waals surface area contributed by atoms with Gasteiger partial charge in [0.15, 0.2) is 0 Å². The molecule has 1 aromatic carbocycles. The maximum atomic E-state index is 13.5. The molecule has 0 fully saturated rings. The van der Waals surface area contributed by atoms with E-state index in [1.807, 2.05) is 6.92 Å². The van der Waals surface area contributed by atoms with Crippen LogP contribution in [0.25, 0.3) is 0 Å². The van der Waals surface area contributed by atoms with Crippen molar-refractivity contribution >= 4 is 11.6 Å². The van der Waals surface area contributed by atoms with E-state index in [2.05, 4.69) is 19.2 Å². The molecule has 0 aliphatic heterocycles. The number of hydrogen-bond acceptors (Lipinski definition) is 2. The minimum atomic E-state index is -0.580. The van der Waals surface area contributed by atoms with E-state index < -0.39 is 5.82 Å². The summed E-state index contributed by atoms with van der Waals surface area (Å²) in [5.74, 6) is -0.370. The number of hydrogen-bond donors (Lipinski definition) is 2. The standard InChI is InChI=1S/C14H21FN2O/c1-9(2)4-5-10(3)17-14(18)12-7-6-11(16)8-13(12)15/h6-10H,4-5,16H2,1-3H3,(H,17,18). The molecule has 18 heavy (non-hydrogen) atoms. The van der Waals surface area contributed by atoms with E-state index in [1.54, 1.807) is 0 Å². The van der Waals surface area contributed by atoms with E-state index in [1.165, 1.54) is 12.1 Å². The molecule has 0 radical (unpaired) electrons.